The fourth-order valence-electron chi connectivity index (χ4n) is 4.14. The number of nitrogens with one attached hydrogen (secondary N) is 1. The Hall–Kier alpha value is -3.15. The van der Waals surface area contributed by atoms with Crippen LogP contribution in [-0.2, 0) is 7.05 Å². The first-order chi connectivity index (χ1) is 13.2. The number of piperidine rings is 1. The van der Waals surface area contributed by atoms with Gasteiger partial charge in [-0.05, 0) is 54.7 Å². The Morgan fingerprint density at radius 3 is 2.85 bits per heavy atom. The topological polar surface area (TPSA) is 66.8 Å². The van der Waals surface area contributed by atoms with Crippen LogP contribution in [0.2, 0.25) is 0 Å². The van der Waals surface area contributed by atoms with Gasteiger partial charge in [0.2, 0.25) is 0 Å². The number of nitrogens with zero attached hydrogens (tertiary/aromatic N) is 4. The number of aryl methyl sites for hydroxylation is 1. The highest BCUT2D eigenvalue weighted by atomic mass is 16.2. The molecule has 5 rings (SSSR count). The lowest BCUT2D eigenvalue weighted by Crippen LogP contribution is -2.38. The van der Waals surface area contributed by atoms with Gasteiger partial charge in [-0.1, -0.05) is 0 Å². The van der Waals surface area contributed by atoms with E-state index < -0.39 is 0 Å². The van der Waals surface area contributed by atoms with Gasteiger partial charge in [-0.3, -0.25) is 4.79 Å². The van der Waals surface area contributed by atoms with Crippen LogP contribution in [0.4, 0.5) is 0 Å². The zero-order chi connectivity index (χ0) is 18.4. The van der Waals surface area contributed by atoms with Crippen LogP contribution in [-0.4, -0.2) is 43.4 Å². The molecule has 27 heavy (non-hydrogen) atoms. The lowest BCUT2D eigenvalue weighted by Gasteiger charge is -2.32. The van der Waals surface area contributed by atoms with Crippen molar-refractivity contribution in [3.63, 3.8) is 0 Å². The van der Waals surface area contributed by atoms with Crippen LogP contribution in [0.3, 0.4) is 0 Å². The van der Waals surface area contributed by atoms with E-state index in [2.05, 4.69) is 21.0 Å². The minimum absolute atomic E-state index is 0.120. The number of pyridine rings is 1. The highest BCUT2D eigenvalue weighted by molar-refractivity contribution is 5.98. The molecule has 1 aromatic carbocycles. The number of carbonyl (C=O) groups excluding carboxylic acids is 1. The Bertz CT molecular complexity index is 1130. The summed E-state index contributed by atoms with van der Waals surface area (Å²) < 4.78 is 1.95. The molecule has 0 atom stereocenters. The van der Waals surface area contributed by atoms with E-state index in [-0.39, 0.29) is 5.91 Å². The molecule has 4 heterocycles. The molecule has 0 unspecified atom stereocenters. The summed E-state index contributed by atoms with van der Waals surface area (Å²) in [7, 11) is 1.97. The van der Waals surface area contributed by atoms with Crippen LogP contribution in [0.5, 0.6) is 0 Å². The molecule has 0 radical (unpaired) electrons. The lowest BCUT2D eigenvalue weighted by molar-refractivity contribution is 0.0713. The second kappa shape index (κ2) is 6.23. The number of rotatable bonds is 2. The molecule has 136 valence electrons. The maximum atomic E-state index is 12.9. The van der Waals surface area contributed by atoms with Crippen LogP contribution in [0.15, 0.2) is 49.1 Å². The molecule has 1 aliphatic heterocycles. The summed E-state index contributed by atoms with van der Waals surface area (Å²) in [6.07, 6.45) is 7.49. The Morgan fingerprint density at radius 2 is 2.00 bits per heavy atom. The third kappa shape index (κ3) is 2.68. The summed E-state index contributed by atoms with van der Waals surface area (Å²) in [6, 6.07) is 9.94. The molecule has 4 aromatic rings. The number of amides is 1. The fraction of sp³-hybridized carbons (Fsp3) is 0.286. The van der Waals surface area contributed by atoms with E-state index in [1.165, 1.54) is 5.56 Å². The summed E-state index contributed by atoms with van der Waals surface area (Å²) >= 11 is 0. The summed E-state index contributed by atoms with van der Waals surface area (Å²) in [6.45, 7) is 1.54. The number of hydrogen-bond donors (Lipinski definition) is 1. The number of H-pyrrole nitrogens is 1. The number of likely N-dealkylation sites (tertiary alicyclic amines) is 1. The smallest absolute Gasteiger partial charge is 0.253 e. The third-order valence-corrected chi connectivity index (χ3v) is 5.65. The number of aromatic nitrogens is 4. The van der Waals surface area contributed by atoms with Gasteiger partial charge in [0.15, 0.2) is 5.65 Å². The predicted molar refractivity (Wildman–Crippen MR) is 105 cm³/mol. The van der Waals surface area contributed by atoms with Crippen molar-refractivity contribution in [2.75, 3.05) is 13.1 Å². The van der Waals surface area contributed by atoms with Crippen LogP contribution >= 0.6 is 0 Å². The van der Waals surface area contributed by atoms with Crippen LogP contribution in [0.25, 0.3) is 22.1 Å². The molecule has 0 bridgehead atoms. The number of hydrogen-bond acceptors (Lipinski definition) is 3. The normalized spacial score (nSPS) is 15.7. The molecule has 1 N–H and O–H groups in total. The molecular weight excluding hydrogens is 338 g/mol. The SMILES string of the molecule is Cn1cnc2c(C3CCN(C(=O)c4ccc5[nH]ccc5c4)CC3)ccnc21. The summed E-state index contributed by atoms with van der Waals surface area (Å²) in [4.78, 5) is 27.0. The molecule has 1 saturated heterocycles. The van der Waals surface area contributed by atoms with Gasteiger partial charge in [-0.2, -0.15) is 0 Å². The highest BCUT2D eigenvalue weighted by Crippen LogP contribution is 2.32. The fourth-order valence-corrected chi connectivity index (χ4v) is 4.14. The second-order valence-corrected chi connectivity index (χ2v) is 7.27. The monoisotopic (exact) mass is 359 g/mol. The molecule has 1 amide bonds. The first kappa shape index (κ1) is 16.1. The Morgan fingerprint density at radius 1 is 1.15 bits per heavy atom. The van der Waals surface area contributed by atoms with Gasteiger partial charge in [0.1, 0.15) is 5.52 Å². The van der Waals surface area contributed by atoms with Crippen molar-refractivity contribution in [1.29, 1.82) is 0 Å². The highest BCUT2D eigenvalue weighted by Gasteiger charge is 2.26. The van der Waals surface area contributed by atoms with Gasteiger partial charge in [0.25, 0.3) is 5.91 Å². The molecular formula is C21H21N5O. The molecule has 0 aliphatic carbocycles. The molecule has 0 spiro atoms. The zero-order valence-corrected chi connectivity index (χ0v) is 15.2. The maximum absolute atomic E-state index is 12.9. The van der Waals surface area contributed by atoms with E-state index >= 15 is 0 Å². The number of benzene rings is 1. The van der Waals surface area contributed by atoms with Crippen molar-refractivity contribution >= 4 is 28.0 Å². The van der Waals surface area contributed by atoms with E-state index in [1.807, 2.05) is 59.5 Å². The first-order valence-electron chi connectivity index (χ1n) is 9.33. The molecule has 0 saturated carbocycles. The van der Waals surface area contributed by atoms with Crippen molar-refractivity contribution in [3.05, 3.63) is 60.2 Å². The number of carbonyl (C=O) groups is 1. The van der Waals surface area contributed by atoms with Crippen LogP contribution < -0.4 is 0 Å². The molecule has 1 aliphatic rings. The van der Waals surface area contributed by atoms with Gasteiger partial charge in [0, 0.05) is 49.0 Å². The predicted octanol–water partition coefficient (Wildman–Crippen LogP) is 3.47. The van der Waals surface area contributed by atoms with Gasteiger partial charge < -0.3 is 14.5 Å². The Balaban J connectivity index is 1.34. The molecule has 6 nitrogen and oxygen atoms in total. The van der Waals surface area contributed by atoms with E-state index in [0.29, 0.717) is 5.92 Å². The van der Waals surface area contributed by atoms with Crippen molar-refractivity contribution in [2.45, 2.75) is 18.8 Å². The average Bonchev–Trinajstić information content (AvgIpc) is 3.33. The second-order valence-electron chi connectivity index (χ2n) is 7.27. The number of aromatic amines is 1. The minimum atomic E-state index is 0.120. The zero-order valence-electron chi connectivity index (χ0n) is 15.2. The van der Waals surface area contributed by atoms with E-state index in [9.17, 15) is 4.79 Å². The standard InChI is InChI=1S/C21H21N5O/c1-25-13-24-19-17(5-9-23-20(19)25)14-6-10-26(11-7-14)21(27)16-2-3-18-15(12-16)4-8-22-18/h2-5,8-9,12-14,22H,6-7,10-11H2,1H3. The first-order valence-corrected chi connectivity index (χ1v) is 9.33. The summed E-state index contributed by atoms with van der Waals surface area (Å²) in [5.41, 5.74) is 4.98. The molecule has 1 fully saturated rings. The number of imidazole rings is 1. The largest absolute Gasteiger partial charge is 0.361 e. The summed E-state index contributed by atoms with van der Waals surface area (Å²) in [5.74, 6) is 0.538. The number of fused-ring (bicyclic) bond motifs is 2. The molecule has 3 aromatic heterocycles. The Kier molecular flexibility index (Phi) is 3.70. The van der Waals surface area contributed by atoms with Gasteiger partial charge in [-0.15, -0.1) is 0 Å². The van der Waals surface area contributed by atoms with Crippen LogP contribution in [0, 0.1) is 0 Å². The van der Waals surface area contributed by atoms with Gasteiger partial charge in [-0.25, -0.2) is 9.97 Å². The van der Waals surface area contributed by atoms with Crippen LogP contribution in [0.1, 0.15) is 34.7 Å². The van der Waals surface area contributed by atoms with Crippen molar-refractivity contribution < 1.29 is 4.79 Å². The van der Waals surface area contributed by atoms with Gasteiger partial charge >= 0.3 is 0 Å². The third-order valence-electron chi connectivity index (χ3n) is 5.65. The lowest BCUT2D eigenvalue weighted by atomic mass is 9.89. The average molecular weight is 359 g/mol. The minimum Gasteiger partial charge on any atom is -0.361 e. The van der Waals surface area contributed by atoms with E-state index in [1.54, 1.807) is 0 Å². The van der Waals surface area contributed by atoms with Crippen molar-refractivity contribution in [3.8, 4) is 0 Å². The van der Waals surface area contributed by atoms with E-state index in [0.717, 1.165) is 53.6 Å². The molecule has 6 heteroatoms. The quantitative estimate of drug-likeness (QED) is 0.596. The maximum Gasteiger partial charge on any atom is 0.253 e. The Labute approximate surface area is 156 Å². The summed E-state index contributed by atoms with van der Waals surface area (Å²) in [5, 5.41) is 1.07. The van der Waals surface area contributed by atoms with Crippen molar-refractivity contribution in [1.82, 2.24) is 24.4 Å². The van der Waals surface area contributed by atoms with Gasteiger partial charge in [0.05, 0.1) is 6.33 Å². The van der Waals surface area contributed by atoms with Crippen molar-refractivity contribution in [2.24, 2.45) is 7.05 Å². The van der Waals surface area contributed by atoms with E-state index in [4.69, 9.17) is 0 Å².